The summed E-state index contributed by atoms with van der Waals surface area (Å²) >= 11 is 1.84. The second-order valence-electron chi connectivity index (χ2n) is 10.6. The Balaban J connectivity index is 1.52. The molecule has 2 heterocycles. The first-order chi connectivity index (χ1) is 21.9. The minimum absolute atomic E-state index is 0.0578. The highest BCUT2D eigenvalue weighted by atomic mass is 32.2. The molecule has 1 aliphatic heterocycles. The van der Waals surface area contributed by atoms with Gasteiger partial charge in [-0.15, -0.1) is 11.8 Å². The first-order valence-electron chi connectivity index (χ1n) is 14.9. The molecule has 45 heavy (non-hydrogen) atoms. The van der Waals surface area contributed by atoms with E-state index < -0.39 is 0 Å². The van der Waals surface area contributed by atoms with Crippen molar-refractivity contribution in [2.45, 2.75) is 37.6 Å². The summed E-state index contributed by atoms with van der Waals surface area (Å²) in [6.45, 7) is 5.93. The number of nitrogens with one attached hydrogen (secondary N) is 2. The minimum atomic E-state index is -0.195. The zero-order chi connectivity index (χ0) is 32.0. The van der Waals surface area contributed by atoms with Gasteiger partial charge in [0, 0.05) is 36.4 Å². The number of nitrogen functional groups attached to an aromatic ring is 1. The normalized spacial score (nSPS) is 15.0. The predicted octanol–water partition coefficient (Wildman–Crippen LogP) is 4.39. The SMILES string of the molecule is Cc1cccc(C)c1SCC1C=CC(OCCc2ccccc2)=C(C=CC(N)=NN)N1CCCNC(=O)c1ccc(NN)nc1. The third-order valence-electron chi connectivity index (χ3n) is 7.33. The summed E-state index contributed by atoms with van der Waals surface area (Å²) in [6, 6.07) is 20.0. The van der Waals surface area contributed by atoms with Crippen LogP contribution in [-0.2, 0) is 11.2 Å². The predicted molar refractivity (Wildman–Crippen MR) is 183 cm³/mol. The van der Waals surface area contributed by atoms with E-state index >= 15 is 0 Å². The van der Waals surface area contributed by atoms with Crippen LogP contribution in [0.4, 0.5) is 5.82 Å². The van der Waals surface area contributed by atoms with Gasteiger partial charge >= 0.3 is 0 Å². The number of nitrogens with two attached hydrogens (primary N) is 3. The molecule has 236 valence electrons. The number of amidine groups is 1. The number of benzene rings is 2. The minimum Gasteiger partial charge on any atom is -0.491 e. The molecular formula is C34H42N8O2S. The topological polar surface area (TPSA) is 157 Å². The number of hydrazine groups is 1. The number of pyridine rings is 1. The Labute approximate surface area is 269 Å². The monoisotopic (exact) mass is 626 g/mol. The maximum atomic E-state index is 12.7. The van der Waals surface area contributed by atoms with Gasteiger partial charge in [0.2, 0.25) is 0 Å². The van der Waals surface area contributed by atoms with E-state index in [9.17, 15) is 4.79 Å². The number of carbonyl (C=O) groups is 1. The van der Waals surface area contributed by atoms with E-state index in [1.807, 2.05) is 42.1 Å². The molecule has 0 saturated carbocycles. The molecule has 0 saturated heterocycles. The molecular weight excluding hydrogens is 584 g/mol. The summed E-state index contributed by atoms with van der Waals surface area (Å²) in [6.07, 6.45) is 10.8. The Bertz CT molecular complexity index is 1520. The van der Waals surface area contributed by atoms with Crippen molar-refractivity contribution in [2.24, 2.45) is 22.5 Å². The summed E-state index contributed by atoms with van der Waals surface area (Å²) in [7, 11) is 0. The number of thioether (sulfide) groups is 1. The van der Waals surface area contributed by atoms with Gasteiger partial charge in [-0.1, -0.05) is 54.6 Å². The summed E-state index contributed by atoms with van der Waals surface area (Å²) in [5.41, 5.74) is 13.5. The van der Waals surface area contributed by atoms with Crippen molar-refractivity contribution in [3.8, 4) is 0 Å². The van der Waals surface area contributed by atoms with Crippen molar-refractivity contribution < 1.29 is 9.53 Å². The van der Waals surface area contributed by atoms with Gasteiger partial charge in [0.15, 0.2) is 0 Å². The van der Waals surface area contributed by atoms with Gasteiger partial charge in [0.1, 0.15) is 17.4 Å². The number of aryl methyl sites for hydroxylation is 2. The van der Waals surface area contributed by atoms with Crippen LogP contribution in [0, 0.1) is 13.8 Å². The number of rotatable bonds is 15. The number of amides is 1. The molecule has 8 N–H and O–H groups in total. The maximum absolute atomic E-state index is 12.7. The van der Waals surface area contributed by atoms with Crippen molar-refractivity contribution in [2.75, 3.05) is 30.9 Å². The van der Waals surface area contributed by atoms with E-state index in [1.165, 1.54) is 27.8 Å². The van der Waals surface area contributed by atoms with Crippen LogP contribution < -0.4 is 28.2 Å². The fraction of sp³-hybridized carbons (Fsp3) is 0.265. The van der Waals surface area contributed by atoms with Crippen LogP contribution in [0.5, 0.6) is 0 Å². The molecule has 1 unspecified atom stereocenters. The molecule has 3 aromatic rings. The van der Waals surface area contributed by atoms with Gasteiger partial charge in [-0.05, 0) is 67.3 Å². The van der Waals surface area contributed by atoms with Gasteiger partial charge in [-0.25, -0.2) is 10.8 Å². The highest BCUT2D eigenvalue weighted by molar-refractivity contribution is 7.99. The lowest BCUT2D eigenvalue weighted by molar-refractivity contribution is 0.0951. The molecule has 10 nitrogen and oxygen atoms in total. The smallest absolute Gasteiger partial charge is 0.252 e. The number of aromatic nitrogens is 1. The van der Waals surface area contributed by atoms with E-state index in [0.717, 1.165) is 23.6 Å². The lowest BCUT2D eigenvalue weighted by atomic mass is 10.1. The number of anilines is 1. The van der Waals surface area contributed by atoms with Crippen LogP contribution in [0.25, 0.3) is 0 Å². The second kappa shape index (κ2) is 16.9. The van der Waals surface area contributed by atoms with Crippen molar-refractivity contribution in [1.29, 1.82) is 0 Å². The Morgan fingerprint density at radius 3 is 2.58 bits per heavy atom. The van der Waals surface area contributed by atoms with Crippen molar-refractivity contribution in [3.63, 3.8) is 0 Å². The van der Waals surface area contributed by atoms with Crippen molar-refractivity contribution >= 4 is 29.3 Å². The fourth-order valence-electron chi connectivity index (χ4n) is 4.93. The van der Waals surface area contributed by atoms with Crippen LogP contribution in [0.15, 0.2) is 113 Å². The van der Waals surface area contributed by atoms with Gasteiger partial charge in [-0.2, -0.15) is 5.10 Å². The van der Waals surface area contributed by atoms with Crippen molar-refractivity contribution in [3.05, 3.63) is 125 Å². The van der Waals surface area contributed by atoms with Gasteiger partial charge < -0.3 is 32.0 Å². The Hall–Kier alpha value is -4.74. The summed E-state index contributed by atoms with van der Waals surface area (Å²) in [4.78, 5) is 20.4. The molecule has 0 bridgehead atoms. The maximum Gasteiger partial charge on any atom is 0.252 e. The van der Waals surface area contributed by atoms with Crippen LogP contribution in [0.3, 0.4) is 0 Å². The van der Waals surface area contributed by atoms with Gasteiger partial charge in [0.05, 0.1) is 23.9 Å². The zero-order valence-corrected chi connectivity index (χ0v) is 26.6. The third-order valence-corrected chi connectivity index (χ3v) is 8.77. The lowest BCUT2D eigenvalue weighted by Gasteiger charge is -2.36. The molecule has 0 fully saturated rings. The second-order valence-corrected chi connectivity index (χ2v) is 11.6. The molecule has 4 rings (SSSR count). The zero-order valence-electron chi connectivity index (χ0n) is 25.8. The standard InChI is InChI=1S/C34H42N8O2S/c1-24-8-6-9-25(2)33(24)45-23-28-13-15-30(44-21-18-26-10-4-3-5-11-26)29(14-16-31(35)40-36)42(28)20-7-19-38-34(43)27-12-17-32(41-37)39-22-27/h3-6,8-17,22,28H,7,18-21,23,36-37H2,1-2H3,(H2,35,40)(H,38,43)(H,39,41). The number of allylic oxidation sites excluding steroid dienone is 2. The van der Waals surface area contributed by atoms with Gasteiger partial charge in [0.25, 0.3) is 5.91 Å². The average Bonchev–Trinajstić information content (AvgIpc) is 3.06. The Kier molecular flexibility index (Phi) is 12.5. The van der Waals surface area contributed by atoms with Crippen LogP contribution in [0.1, 0.15) is 33.5 Å². The number of carbonyl (C=O) groups excluding carboxylic acids is 1. The van der Waals surface area contributed by atoms with Crippen molar-refractivity contribution in [1.82, 2.24) is 15.2 Å². The molecule has 0 spiro atoms. The van der Waals surface area contributed by atoms with Crippen LogP contribution in [-0.4, -0.2) is 53.1 Å². The van der Waals surface area contributed by atoms with Crippen LogP contribution in [0.2, 0.25) is 0 Å². The number of hydrazone groups is 1. The third kappa shape index (κ3) is 9.62. The molecule has 2 aromatic carbocycles. The molecule has 1 amide bonds. The molecule has 0 radical (unpaired) electrons. The number of hydrogen-bond acceptors (Lipinski definition) is 9. The fourth-order valence-corrected chi connectivity index (χ4v) is 6.15. The highest BCUT2D eigenvalue weighted by Gasteiger charge is 2.25. The average molecular weight is 627 g/mol. The largest absolute Gasteiger partial charge is 0.491 e. The molecule has 1 aromatic heterocycles. The summed E-state index contributed by atoms with van der Waals surface area (Å²) in [5.74, 6) is 12.9. The quantitative estimate of drug-likeness (QED) is 0.0412. The summed E-state index contributed by atoms with van der Waals surface area (Å²) in [5, 5.41) is 6.61. The Morgan fingerprint density at radius 1 is 1.11 bits per heavy atom. The Morgan fingerprint density at radius 2 is 1.89 bits per heavy atom. The van der Waals surface area contributed by atoms with Crippen LogP contribution >= 0.6 is 11.8 Å². The molecule has 11 heteroatoms. The molecule has 1 aliphatic rings. The number of hydrogen-bond donors (Lipinski definition) is 5. The highest BCUT2D eigenvalue weighted by Crippen LogP contribution is 2.31. The van der Waals surface area contributed by atoms with E-state index in [2.05, 4.69) is 76.0 Å². The molecule has 1 atom stereocenters. The van der Waals surface area contributed by atoms with E-state index in [4.69, 9.17) is 22.2 Å². The molecule has 0 aliphatic carbocycles. The van der Waals surface area contributed by atoms with E-state index in [1.54, 1.807) is 18.2 Å². The van der Waals surface area contributed by atoms with E-state index in [-0.39, 0.29) is 17.8 Å². The number of ether oxygens (including phenoxy) is 1. The van der Waals surface area contributed by atoms with E-state index in [0.29, 0.717) is 37.5 Å². The lowest BCUT2D eigenvalue weighted by Crippen LogP contribution is -2.39. The number of nitrogens with zero attached hydrogens (tertiary/aromatic N) is 3. The van der Waals surface area contributed by atoms with Gasteiger partial charge in [-0.3, -0.25) is 4.79 Å². The summed E-state index contributed by atoms with van der Waals surface area (Å²) < 4.78 is 6.36. The first-order valence-corrected chi connectivity index (χ1v) is 15.8. The first kappa shape index (κ1) is 33.2.